The summed E-state index contributed by atoms with van der Waals surface area (Å²) in [4.78, 5) is 0. The van der Waals surface area contributed by atoms with Crippen molar-refractivity contribution < 1.29 is 8.78 Å². The first-order valence-electron chi connectivity index (χ1n) is 7.28. The van der Waals surface area contributed by atoms with Crippen LogP contribution in [0.4, 0.5) is 8.78 Å². The lowest BCUT2D eigenvalue weighted by Gasteiger charge is -2.27. The molecule has 0 amide bonds. The minimum absolute atomic E-state index is 0.0178. The highest BCUT2D eigenvalue weighted by Crippen LogP contribution is 2.26. The molecule has 0 heterocycles. The summed E-state index contributed by atoms with van der Waals surface area (Å²) in [5, 5.41) is 3.55. The van der Waals surface area contributed by atoms with Crippen molar-refractivity contribution >= 4 is 0 Å². The Bertz CT molecular complexity index is 399. The molecule has 1 nitrogen and oxygen atoms in total. The van der Waals surface area contributed by atoms with Gasteiger partial charge in [0.15, 0.2) is 0 Å². The van der Waals surface area contributed by atoms with Crippen molar-refractivity contribution in [3.63, 3.8) is 0 Å². The summed E-state index contributed by atoms with van der Waals surface area (Å²) in [5.74, 6) is -0.376. The van der Waals surface area contributed by atoms with Gasteiger partial charge in [0.05, 0.1) is 0 Å². The summed E-state index contributed by atoms with van der Waals surface area (Å²) in [5.41, 5.74) is 0.689. The molecule has 3 atom stereocenters. The predicted molar refractivity (Wildman–Crippen MR) is 73.9 cm³/mol. The fourth-order valence-electron chi connectivity index (χ4n) is 2.98. The highest BCUT2D eigenvalue weighted by Gasteiger charge is 2.22. The Hall–Kier alpha value is -0.960. The third kappa shape index (κ3) is 4.00. The topological polar surface area (TPSA) is 12.0 Å². The Morgan fingerprint density at radius 2 is 1.68 bits per heavy atom. The third-order valence-electron chi connectivity index (χ3n) is 4.21. The van der Waals surface area contributed by atoms with E-state index < -0.39 is 11.6 Å². The molecule has 3 heteroatoms. The average Bonchev–Trinajstić information content (AvgIpc) is 2.54. The SMILES string of the molecule is CC(NC1CCCCCC1C)c1cc(F)cc(F)c1. The van der Waals surface area contributed by atoms with Crippen LogP contribution in [-0.4, -0.2) is 6.04 Å². The molecular formula is C16H23F2N. The van der Waals surface area contributed by atoms with E-state index in [1.54, 1.807) is 0 Å². The zero-order valence-corrected chi connectivity index (χ0v) is 11.8. The van der Waals surface area contributed by atoms with Crippen molar-refractivity contribution in [2.24, 2.45) is 5.92 Å². The molecule has 0 spiro atoms. The molecule has 0 aliphatic heterocycles. The number of halogens is 2. The number of nitrogens with one attached hydrogen (secondary N) is 1. The molecular weight excluding hydrogens is 244 g/mol. The van der Waals surface area contributed by atoms with Gasteiger partial charge in [0, 0.05) is 18.2 Å². The van der Waals surface area contributed by atoms with Crippen LogP contribution in [0.5, 0.6) is 0 Å². The summed E-state index contributed by atoms with van der Waals surface area (Å²) in [7, 11) is 0. The van der Waals surface area contributed by atoms with Crippen LogP contribution in [0.15, 0.2) is 18.2 Å². The van der Waals surface area contributed by atoms with E-state index in [9.17, 15) is 8.78 Å². The van der Waals surface area contributed by atoms with Crippen molar-refractivity contribution in [1.82, 2.24) is 5.32 Å². The molecule has 1 aliphatic carbocycles. The normalized spacial score (nSPS) is 25.9. The Balaban J connectivity index is 2.04. The molecule has 1 aliphatic rings. The fourth-order valence-corrected chi connectivity index (χ4v) is 2.98. The Morgan fingerprint density at radius 3 is 2.37 bits per heavy atom. The van der Waals surface area contributed by atoms with E-state index in [0.29, 0.717) is 17.5 Å². The quantitative estimate of drug-likeness (QED) is 0.790. The summed E-state index contributed by atoms with van der Waals surface area (Å²) >= 11 is 0. The third-order valence-corrected chi connectivity index (χ3v) is 4.21. The van der Waals surface area contributed by atoms with Crippen LogP contribution < -0.4 is 5.32 Å². The molecule has 1 aromatic carbocycles. The van der Waals surface area contributed by atoms with Crippen LogP contribution >= 0.6 is 0 Å². The zero-order chi connectivity index (χ0) is 13.8. The molecule has 19 heavy (non-hydrogen) atoms. The standard InChI is InChI=1S/C16H23F2N/c1-11-6-4-3-5-7-16(11)19-12(2)13-8-14(17)10-15(18)9-13/h8-12,16,19H,3-7H2,1-2H3. The Morgan fingerprint density at radius 1 is 1.05 bits per heavy atom. The van der Waals surface area contributed by atoms with Crippen molar-refractivity contribution in [2.45, 2.75) is 58.0 Å². The predicted octanol–water partition coefficient (Wildman–Crippen LogP) is 4.58. The first kappa shape index (κ1) is 14.4. The van der Waals surface area contributed by atoms with Crippen molar-refractivity contribution in [3.05, 3.63) is 35.4 Å². The maximum Gasteiger partial charge on any atom is 0.126 e. The van der Waals surface area contributed by atoms with E-state index in [4.69, 9.17) is 0 Å². The van der Waals surface area contributed by atoms with Crippen LogP contribution in [0.1, 0.15) is 57.6 Å². The molecule has 1 saturated carbocycles. The summed E-state index contributed by atoms with van der Waals surface area (Å²) in [6.45, 7) is 4.24. The number of hydrogen-bond donors (Lipinski definition) is 1. The van der Waals surface area contributed by atoms with Gasteiger partial charge < -0.3 is 5.32 Å². The Kier molecular flexibility index (Phi) is 4.92. The molecule has 3 unspecified atom stereocenters. The molecule has 0 bridgehead atoms. The van der Waals surface area contributed by atoms with Crippen LogP contribution in [0.2, 0.25) is 0 Å². The first-order valence-corrected chi connectivity index (χ1v) is 7.28. The van der Waals surface area contributed by atoms with Gasteiger partial charge in [0.25, 0.3) is 0 Å². The maximum atomic E-state index is 13.2. The molecule has 1 N–H and O–H groups in total. The van der Waals surface area contributed by atoms with Crippen LogP contribution in [0.25, 0.3) is 0 Å². The van der Waals surface area contributed by atoms with Crippen molar-refractivity contribution in [1.29, 1.82) is 0 Å². The molecule has 0 radical (unpaired) electrons. The second kappa shape index (κ2) is 6.47. The van der Waals surface area contributed by atoms with Crippen LogP contribution in [0, 0.1) is 17.6 Å². The van der Waals surface area contributed by atoms with Gasteiger partial charge in [-0.25, -0.2) is 8.78 Å². The van der Waals surface area contributed by atoms with Gasteiger partial charge in [0.1, 0.15) is 11.6 Å². The van der Waals surface area contributed by atoms with E-state index in [0.717, 1.165) is 12.5 Å². The van der Waals surface area contributed by atoms with E-state index in [2.05, 4.69) is 12.2 Å². The van der Waals surface area contributed by atoms with Crippen LogP contribution in [0.3, 0.4) is 0 Å². The van der Waals surface area contributed by atoms with Crippen LogP contribution in [-0.2, 0) is 0 Å². The number of benzene rings is 1. The molecule has 2 rings (SSSR count). The maximum absolute atomic E-state index is 13.2. The monoisotopic (exact) mass is 267 g/mol. The largest absolute Gasteiger partial charge is 0.307 e. The average molecular weight is 267 g/mol. The molecule has 1 aromatic rings. The summed E-state index contributed by atoms with van der Waals surface area (Å²) in [6, 6.07) is 4.19. The highest BCUT2D eigenvalue weighted by molar-refractivity contribution is 5.21. The van der Waals surface area contributed by atoms with E-state index in [1.807, 2.05) is 6.92 Å². The second-order valence-electron chi connectivity index (χ2n) is 5.81. The fraction of sp³-hybridized carbons (Fsp3) is 0.625. The summed E-state index contributed by atoms with van der Waals surface area (Å²) < 4.78 is 26.5. The van der Waals surface area contributed by atoms with E-state index in [-0.39, 0.29) is 6.04 Å². The Labute approximate surface area is 114 Å². The lowest BCUT2D eigenvalue weighted by Crippen LogP contribution is -2.36. The minimum atomic E-state index is -0.502. The first-order chi connectivity index (χ1) is 9.06. The van der Waals surface area contributed by atoms with Gasteiger partial charge >= 0.3 is 0 Å². The summed E-state index contributed by atoms with van der Waals surface area (Å²) in [6.07, 6.45) is 6.23. The van der Waals surface area contributed by atoms with Gasteiger partial charge in [-0.15, -0.1) is 0 Å². The van der Waals surface area contributed by atoms with Gasteiger partial charge in [-0.05, 0) is 43.4 Å². The van der Waals surface area contributed by atoms with Gasteiger partial charge in [-0.2, -0.15) is 0 Å². The van der Waals surface area contributed by atoms with Gasteiger partial charge in [-0.3, -0.25) is 0 Å². The number of rotatable bonds is 3. The molecule has 0 saturated heterocycles. The van der Waals surface area contributed by atoms with E-state index >= 15 is 0 Å². The molecule has 106 valence electrons. The van der Waals surface area contributed by atoms with Gasteiger partial charge in [-0.1, -0.05) is 26.2 Å². The molecule has 1 fully saturated rings. The minimum Gasteiger partial charge on any atom is -0.307 e. The van der Waals surface area contributed by atoms with Crippen molar-refractivity contribution in [3.8, 4) is 0 Å². The number of hydrogen-bond acceptors (Lipinski definition) is 1. The second-order valence-corrected chi connectivity index (χ2v) is 5.81. The molecule has 0 aromatic heterocycles. The smallest absolute Gasteiger partial charge is 0.126 e. The van der Waals surface area contributed by atoms with Gasteiger partial charge in [0.2, 0.25) is 0 Å². The zero-order valence-electron chi connectivity index (χ0n) is 11.8. The lowest BCUT2D eigenvalue weighted by molar-refractivity contribution is 0.329. The van der Waals surface area contributed by atoms with Crippen molar-refractivity contribution in [2.75, 3.05) is 0 Å². The highest BCUT2D eigenvalue weighted by atomic mass is 19.1. The van der Waals surface area contributed by atoms with E-state index in [1.165, 1.54) is 37.8 Å². The lowest BCUT2D eigenvalue weighted by atomic mass is 9.95.